The Balaban J connectivity index is 1.96. The van der Waals surface area contributed by atoms with Crippen LogP contribution in [0.5, 0.6) is 0 Å². The third-order valence-electron chi connectivity index (χ3n) is 3.07. The molecular weight excluding hydrogens is 216 g/mol. The molecule has 1 amide bonds. The summed E-state index contributed by atoms with van der Waals surface area (Å²) in [6.07, 6.45) is 1.15. The molecule has 92 valence electrons. The molecule has 2 rings (SSSR count). The van der Waals surface area contributed by atoms with E-state index in [-0.39, 0.29) is 5.91 Å². The minimum absolute atomic E-state index is 0.182. The molecule has 1 fully saturated rings. The van der Waals surface area contributed by atoms with Crippen molar-refractivity contribution in [3.8, 4) is 0 Å². The molecule has 1 atom stereocenters. The van der Waals surface area contributed by atoms with E-state index >= 15 is 0 Å². The van der Waals surface area contributed by atoms with Gasteiger partial charge < -0.3 is 10.6 Å². The highest BCUT2D eigenvalue weighted by Gasteiger charge is 2.45. The third kappa shape index (κ3) is 2.72. The molecule has 0 bridgehead atoms. The topological polar surface area (TPSA) is 66.9 Å². The van der Waals surface area contributed by atoms with Crippen molar-refractivity contribution in [2.24, 2.45) is 5.41 Å². The Bertz CT molecular complexity index is 413. The lowest BCUT2D eigenvalue weighted by Crippen LogP contribution is -2.24. The molecule has 17 heavy (non-hydrogen) atoms. The van der Waals surface area contributed by atoms with Gasteiger partial charge in [0.15, 0.2) is 5.69 Å². The van der Waals surface area contributed by atoms with Crippen LogP contribution in [0.1, 0.15) is 37.7 Å². The van der Waals surface area contributed by atoms with Crippen LogP contribution in [0, 0.1) is 5.41 Å². The van der Waals surface area contributed by atoms with Crippen molar-refractivity contribution in [2.75, 3.05) is 11.9 Å². The first-order valence-corrected chi connectivity index (χ1v) is 5.91. The van der Waals surface area contributed by atoms with Gasteiger partial charge >= 0.3 is 0 Å². The van der Waals surface area contributed by atoms with E-state index in [0.717, 1.165) is 12.2 Å². The normalized spacial score (nSPS) is 20.8. The SMILES string of the molecule is CCNC(=O)c1ccc(NC2CC2(C)C)nn1. The highest BCUT2D eigenvalue weighted by Crippen LogP contribution is 2.46. The molecule has 5 nitrogen and oxygen atoms in total. The van der Waals surface area contributed by atoms with Gasteiger partial charge in [-0.15, -0.1) is 10.2 Å². The van der Waals surface area contributed by atoms with Crippen molar-refractivity contribution in [1.29, 1.82) is 0 Å². The fourth-order valence-corrected chi connectivity index (χ4v) is 1.67. The molecule has 0 aliphatic heterocycles. The number of hydrogen-bond acceptors (Lipinski definition) is 4. The Morgan fingerprint density at radius 3 is 2.65 bits per heavy atom. The molecule has 1 saturated carbocycles. The van der Waals surface area contributed by atoms with Crippen LogP contribution in [-0.4, -0.2) is 28.7 Å². The van der Waals surface area contributed by atoms with Gasteiger partial charge in [-0.2, -0.15) is 0 Å². The van der Waals surface area contributed by atoms with Crippen LogP contribution < -0.4 is 10.6 Å². The van der Waals surface area contributed by atoms with E-state index in [4.69, 9.17) is 0 Å². The summed E-state index contributed by atoms with van der Waals surface area (Å²) >= 11 is 0. The fraction of sp³-hybridized carbons (Fsp3) is 0.583. The van der Waals surface area contributed by atoms with Crippen molar-refractivity contribution >= 4 is 11.7 Å². The minimum atomic E-state index is -0.182. The summed E-state index contributed by atoms with van der Waals surface area (Å²) in [6, 6.07) is 3.95. The van der Waals surface area contributed by atoms with Gasteiger partial charge in [-0.3, -0.25) is 4.79 Å². The van der Waals surface area contributed by atoms with Crippen LogP contribution in [-0.2, 0) is 0 Å². The Morgan fingerprint density at radius 1 is 1.47 bits per heavy atom. The van der Waals surface area contributed by atoms with Crippen LogP contribution in [0.3, 0.4) is 0 Å². The largest absolute Gasteiger partial charge is 0.365 e. The number of amides is 1. The molecule has 2 N–H and O–H groups in total. The van der Waals surface area contributed by atoms with E-state index in [9.17, 15) is 4.79 Å². The molecule has 0 spiro atoms. The maximum atomic E-state index is 11.5. The van der Waals surface area contributed by atoms with E-state index in [0.29, 0.717) is 23.7 Å². The van der Waals surface area contributed by atoms with Gasteiger partial charge in [0.25, 0.3) is 5.91 Å². The Labute approximate surface area is 101 Å². The Hall–Kier alpha value is -1.65. The molecule has 5 heteroatoms. The second kappa shape index (κ2) is 4.31. The number of aromatic nitrogens is 2. The van der Waals surface area contributed by atoms with E-state index in [1.807, 2.05) is 6.92 Å². The third-order valence-corrected chi connectivity index (χ3v) is 3.07. The van der Waals surface area contributed by atoms with Crippen LogP contribution in [0.2, 0.25) is 0 Å². The lowest BCUT2D eigenvalue weighted by atomic mass is 10.2. The van der Waals surface area contributed by atoms with Crippen LogP contribution in [0.25, 0.3) is 0 Å². The highest BCUT2D eigenvalue weighted by molar-refractivity contribution is 5.92. The molecule has 0 radical (unpaired) electrons. The molecule has 1 heterocycles. The number of anilines is 1. The standard InChI is InChI=1S/C12H18N4O/c1-4-13-11(17)8-5-6-10(16-15-8)14-9-7-12(9,2)3/h5-6,9H,4,7H2,1-3H3,(H,13,17)(H,14,16). The second-order valence-electron chi connectivity index (χ2n) is 5.05. The minimum Gasteiger partial charge on any atom is -0.365 e. The molecule has 1 aliphatic carbocycles. The average molecular weight is 234 g/mol. The zero-order chi connectivity index (χ0) is 12.5. The summed E-state index contributed by atoms with van der Waals surface area (Å²) in [5.74, 6) is 0.548. The lowest BCUT2D eigenvalue weighted by molar-refractivity contribution is 0.0950. The van der Waals surface area contributed by atoms with Gasteiger partial charge in [0.2, 0.25) is 0 Å². The highest BCUT2D eigenvalue weighted by atomic mass is 16.1. The summed E-state index contributed by atoms with van der Waals surface area (Å²) in [6.45, 7) is 6.88. The number of carbonyl (C=O) groups excluding carboxylic acids is 1. The number of carbonyl (C=O) groups is 1. The Morgan fingerprint density at radius 2 is 2.18 bits per heavy atom. The number of rotatable bonds is 4. The van der Waals surface area contributed by atoms with E-state index in [1.54, 1.807) is 12.1 Å². The predicted octanol–water partition coefficient (Wildman–Crippen LogP) is 1.44. The summed E-state index contributed by atoms with van der Waals surface area (Å²) in [5, 5.41) is 13.9. The molecule has 0 aromatic carbocycles. The van der Waals surface area contributed by atoms with Crippen molar-refractivity contribution in [3.05, 3.63) is 17.8 Å². The fourth-order valence-electron chi connectivity index (χ4n) is 1.67. The van der Waals surface area contributed by atoms with Crippen molar-refractivity contribution in [1.82, 2.24) is 15.5 Å². The smallest absolute Gasteiger partial charge is 0.271 e. The first-order valence-electron chi connectivity index (χ1n) is 5.91. The second-order valence-corrected chi connectivity index (χ2v) is 5.05. The van der Waals surface area contributed by atoms with Crippen LogP contribution in [0.15, 0.2) is 12.1 Å². The number of nitrogens with one attached hydrogen (secondary N) is 2. The quantitative estimate of drug-likeness (QED) is 0.827. The summed E-state index contributed by atoms with van der Waals surface area (Å²) in [7, 11) is 0. The first-order chi connectivity index (χ1) is 8.03. The van der Waals surface area contributed by atoms with E-state index in [2.05, 4.69) is 34.7 Å². The van der Waals surface area contributed by atoms with E-state index in [1.165, 1.54) is 0 Å². The molecule has 1 aromatic heterocycles. The van der Waals surface area contributed by atoms with Crippen molar-refractivity contribution in [2.45, 2.75) is 33.2 Å². The van der Waals surface area contributed by atoms with Crippen molar-refractivity contribution < 1.29 is 4.79 Å². The summed E-state index contributed by atoms with van der Waals surface area (Å²) in [4.78, 5) is 11.5. The molecule has 0 saturated heterocycles. The monoisotopic (exact) mass is 234 g/mol. The van der Waals surface area contributed by atoms with Gasteiger partial charge in [0.1, 0.15) is 5.82 Å². The van der Waals surface area contributed by atoms with Gasteiger partial charge in [0.05, 0.1) is 0 Å². The predicted molar refractivity (Wildman–Crippen MR) is 65.8 cm³/mol. The zero-order valence-corrected chi connectivity index (χ0v) is 10.4. The average Bonchev–Trinajstić information content (AvgIpc) is 2.87. The van der Waals surface area contributed by atoms with E-state index < -0.39 is 0 Å². The van der Waals surface area contributed by atoms with Gasteiger partial charge in [-0.05, 0) is 30.9 Å². The molecule has 1 unspecified atom stereocenters. The summed E-state index contributed by atoms with van der Waals surface area (Å²) in [5.41, 5.74) is 0.701. The zero-order valence-electron chi connectivity index (χ0n) is 10.4. The maximum Gasteiger partial charge on any atom is 0.271 e. The summed E-state index contributed by atoms with van der Waals surface area (Å²) < 4.78 is 0. The maximum absolute atomic E-state index is 11.5. The van der Waals surface area contributed by atoms with Gasteiger partial charge in [0, 0.05) is 12.6 Å². The van der Waals surface area contributed by atoms with Crippen LogP contribution >= 0.6 is 0 Å². The van der Waals surface area contributed by atoms with Crippen LogP contribution in [0.4, 0.5) is 5.82 Å². The van der Waals surface area contributed by atoms with Gasteiger partial charge in [-0.25, -0.2) is 0 Å². The first kappa shape index (κ1) is 11.8. The van der Waals surface area contributed by atoms with Crippen molar-refractivity contribution in [3.63, 3.8) is 0 Å². The molecular formula is C12H18N4O. The molecule has 1 aromatic rings. The lowest BCUT2D eigenvalue weighted by Gasteiger charge is -2.07. The Kier molecular flexibility index (Phi) is 3.00. The number of nitrogens with zero attached hydrogens (tertiary/aromatic N) is 2. The number of hydrogen-bond donors (Lipinski definition) is 2. The molecule has 1 aliphatic rings. The van der Waals surface area contributed by atoms with Gasteiger partial charge in [-0.1, -0.05) is 13.8 Å².